The third-order valence-corrected chi connectivity index (χ3v) is 4.86. The Balaban J connectivity index is 1.46. The zero-order chi connectivity index (χ0) is 20.6. The Hall–Kier alpha value is -2.75. The molecule has 2 aliphatic heterocycles. The zero-order valence-electron chi connectivity index (χ0n) is 17.1. The minimum absolute atomic E-state index is 0.213. The first-order chi connectivity index (χ1) is 13.8. The van der Waals surface area contributed by atoms with Gasteiger partial charge in [0.25, 0.3) is 6.01 Å². The molecule has 4 heterocycles. The molecule has 0 saturated carbocycles. The van der Waals surface area contributed by atoms with E-state index in [0.717, 1.165) is 13.1 Å². The van der Waals surface area contributed by atoms with Crippen LogP contribution >= 0.6 is 0 Å². The maximum absolute atomic E-state index is 12.0. The number of carbonyl (C=O) groups excluding carboxylic acids is 1. The molecule has 2 fully saturated rings. The SMILES string of the molecule is CC(C)(C)NC(=O)OC1CCN(c2nc3nc(N4CCOCC4)oc3cc2N)C1. The molecule has 0 radical (unpaired) electrons. The van der Waals surface area contributed by atoms with Crippen molar-refractivity contribution in [2.75, 3.05) is 54.9 Å². The van der Waals surface area contributed by atoms with Crippen molar-refractivity contribution >= 4 is 34.8 Å². The van der Waals surface area contributed by atoms with Gasteiger partial charge in [-0.3, -0.25) is 0 Å². The number of ether oxygens (including phenoxy) is 2. The largest absolute Gasteiger partial charge is 0.444 e. The summed E-state index contributed by atoms with van der Waals surface area (Å²) in [6.07, 6.45) is 0.0945. The van der Waals surface area contributed by atoms with Crippen LogP contribution in [-0.2, 0) is 9.47 Å². The van der Waals surface area contributed by atoms with Crippen molar-refractivity contribution in [3.05, 3.63) is 6.07 Å². The summed E-state index contributed by atoms with van der Waals surface area (Å²) in [5.74, 6) is 0.640. The van der Waals surface area contributed by atoms with Crippen LogP contribution in [0.1, 0.15) is 27.2 Å². The lowest BCUT2D eigenvalue weighted by Gasteiger charge is -2.24. The summed E-state index contributed by atoms with van der Waals surface area (Å²) in [6.45, 7) is 9.75. The van der Waals surface area contributed by atoms with Gasteiger partial charge in [-0.05, 0) is 20.8 Å². The van der Waals surface area contributed by atoms with Crippen molar-refractivity contribution in [1.82, 2.24) is 15.3 Å². The summed E-state index contributed by atoms with van der Waals surface area (Å²) in [4.78, 5) is 25.2. The fraction of sp³-hybridized carbons (Fsp3) is 0.632. The van der Waals surface area contributed by atoms with Crippen molar-refractivity contribution in [3.63, 3.8) is 0 Å². The van der Waals surface area contributed by atoms with Gasteiger partial charge in [0, 0.05) is 37.7 Å². The van der Waals surface area contributed by atoms with Gasteiger partial charge in [0.05, 0.1) is 25.4 Å². The molecule has 0 aliphatic carbocycles. The van der Waals surface area contributed by atoms with Crippen LogP contribution in [0.4, 0.5) is 22.3 Å². The number of nitrogens with zero attached hydrogens (tertiary/aromatic N) is 4. The minimum atomic E-state index is -0.410. The average Bonchev–Trinajstić information content (AvgIpc) is 3.26. The lowest BCUT2D eigenvalue weighted by atomic mass is 10.1. The number of hydrogen-bond acceptors (Lipinski definition) is 9. The van der Waals surface area contributed by atoms with E-state index < -0.39 is 6.09 Å². The molecule has 1 amide bonds. The Morgan fingerprint density at radius 1 is 1.24 bits per heavy atom. The predicted octanol–water partition coefficient (Wildman–Crippen LogP) is 1.74. The molecule has 2 aromatic heterocycles. The summed E-state index contributed by atoms with van der Waals surface area (Å²) in [5, 5.41) is 2.81. The number of oxazole rings is 1. The number of aromatic nitrogens is 2. The number of nitrogens with one attached hydrogen (secondary N) is 1. The Morgan fingerprint density at radius 3 is 2.72 bits per heavy atom. The second-order valence-corrected chi connectivity index (χ2v) is 8.46. The highest BCUT2D eigenvalue weighted by molar-refractivity contribution is 5.80. The zero-order valence-corrected chi connectivity index (χ0v) is 17.1. The molecule has 29 heavy (non-hydrogen) atoms. The maximum atomic E-state index is 12.0. The number of hydrogen-bond donors (Lipinski definition) is 2. The maximum Gasteiger partial charge on any atom is 0.407 e. The number of nitrogens with two attached hydrogens (primary N) is 1. The summed E-state index contributed by atoms with van der Waals surface area (Å²) in [5.41, 5.74) is 7.50. The average molecular weight is 404 g/mol. The van der Waals surface area contributed by atoms with Gasteiger partial charge in [0.1, 0.15) is 6.10 Å². The second kappa shape index (κ2) is 7.58. The van der Waals surface area contributed by atoms with Crippen LogP contribution in [0.15, 0.2) is 10.5 Å². The van der Waals surface area contributed by atoms with Crippen molar-refractivity contribution in [1.29, 1.82) is 0 Å². The van der Waals surface area contributed by atoms with Gasteiger partial charge in [-0.1, -0.05) is 0 Å². The van der Waals surface area contributed by atoms with E-state index >= 15 is 0 Å². The molecule has 2 aliphatic rings. The van der Waals surface area contributed by atoms with Crippen LogP contribution in [0.2, 0.25) is 0 Å². The lowest BCUT2D eigenvalue weighted by molar-refractivity contribution is 0.101. The molecular formula is C19H28N6O4. The number of morpholine rings is 1. The second-order valence-electron chi connectivity index (χ2n) is 8.46. The number of carbonyl (C=O) groups is 1. The Labute approximate surface area is 169 Å². The summed E-state index contributed by atoms with van der Waals surface area (Å²) >= 11 is 0. The Morgan fingerprint density at radius 2 is 2.00 bits per heavy atom. The standard InChI is InChI=1S/C19H28N6O4/c1-19(2,3)23-18(26)28-12-4-5-25(11-12)16-13(20)10-14-15(21-16)22-17(29-14)24-6-8-27-9-7-24/h10,12H,4-9,11,20H2,1-3H3,(H,23,26). The van der Waals surface area contributed by atoms with E-state index in [2.05, 4.69) is 15.3 Å². The van der Waals surface area contributed by atoms with E-state index in [9.17, 15) is 4.79 Å². The van der Waals surface area contributed by atoms with Gasteiger partial charge in [-0.15, -0.1) is 0 Å². The van der Waals surface area contributed by atoms with E-state index in [4.69, 9.17) is 19.6 Å². The minimum Gasteiger partial charge on any atom is -0.444 e. The number of anilines is 3. The Kier molecular flexibility index (Phi) is 5.12. The van der Waals surface area contributed by atoms with Gasteiger partial charge in [0.15, 0.2) is 11.4 Å². The number of nitrogen functional groups attached to an aromatic ring is 1. The van der Waals surface area contributed by atoms with Crippen LogP contribution in [0.25, 0.3) is 11.2 Å². The number of amides is 1. The van der Waals surface area contributed by atoms with Crippen LogP contribution in [0.3, 0.4) is 0 Å². The van der Waals surface area contributed by atoms with E-state index in [1.165, 1.54) is 0 Å². The number of alkyl carbamates (subject to hydrolysis) is 1. The van der Waals surface area contributed by atoms with Crippen LogP contribution in [0, 0.1) is 0 Å². The summed E-state index contributed by atoms with van der Waals surface area (Å²) < 4.78 is 16.8. The van der Waals surface area contributed by atoms with Crippen molar-refractivity contribution in [2.24, 2.45) is 0 Å². The molecule has 3 N–H and O–H groups in total. The predicted molar refractivity (Wildman–Crippen MR) is 109 cm³/mol. The van der Waals surface area contributed by atoms with Crippen LogP contribution < -0.4 is 20.9 Å². The molecule has 4 rings (SSSR count). The molecule has 1 atom stereocenters. The van der Waals surface area contributed by atoms with E-state index in [1.807, 2.05) is 30.6 Å². The first kappa shape index (κ1) is 19.6. The molecule has 2 aromatic rings. The summed E-state index contributed by atoms with van der Waals surface area (Å²) in [6, 6.07) is 2.29. The number of pyridine rings is 1. The number of rotatable bonds is 3. The lowest BCUT2D eigenvalue weighted by Crippen LogP contribution is -2.42. The molecule has 10 heteroatoms. The fourth-order valence-corrected chi connectivity index (χ4v) is 3.50. The molecule has 10 nitrogen and oxygen atoms in total. The first-order valence-electron chi connectivity index (χ1n) is 9.92. The van der Waals surface area contributed by atoms with E-state index in [0.29, 0.717) is 61.5 Å². The highest BCUT2D eigenvalue weighted by Gasteiger charge is 2.29. The molecule has 158 valence electrons. The normalized spacial score (nSPS) is 20.3. The molecule has 0 aromatic carbocycles. The number of fused-ring (bicyclic) bond motifs is 1. The highest BCUT2D eigenvalue weighted by atomic mass is 16.6. The summed E-state index contributed by atoms with van der Waals surface area (Å²) in [7, 11) is 0. The van der Waals surface area contributed by atoms with Gasteiger partial charge < -0.3 is 34.7 Å². The van der Waals surface area contributed by atoms with Crippen LogP contribution in [0.5, 0.6) is 0 Å². The molecule has 0 bridgehead atoms. The Bertz CT molecular complexity index is 887. The first-order valence-corrected chi connectivity index (χ1v) is 9.92. The monoisotopic (exact) mass is 404 g/mol. The molecular weight excluding hydrogens is 376 g/mol. The topological polar surface area (TPSA) is 119 Å². The van der Waals surface area contributed by atoms with Gasteiger partial charge in [-0.2, -0.15) is 4.98 Å². The third-order valence-electron chi connectivity index (χ3n) is 4.86. The van der Waals surface area contributed by atoms with E-state index in [-0.39, 0.29) is 11.6 Å². The van der Waals surface area contributed by atoms with Crippen molar-refractivity contribution in [2.45, 2.75) is 38.8 Å². The third kappa shape index (κ3) is 4.47. The highest BCUT2D eigenvalue weighted by Crippen LogP contribution is 2.31. The van der Waals surface area contributed by atoms with Gasteiger partial charge in [-0.25, -0.2) is 9.78 Å². The molecule has 1 unspecified atom stereocenters. The van der Waals surface area contributed by atoms with Crippen molar-refractivity contribution < 1.29 is 18.7 Å². The van der Waals surface area contributed by atoms with Gasteiger partial charge in [0.2, 0.25) is 5.65 Å². The van der Waals surface area contributed by atoms with Gasteiger partial charge >= 0.3 is 6.09 Å². The van der Waals surface area contributed by atoms with Crippen LogP contribution in [-0.4, -0.2) is 67.1 Å². The molecule has 0 spiro atoms. The molecule has 2 saturated heterocycles. The van der Waals surface area contributed by atoms with Crippen molar-refractivity contribution in [3.8, 4) is 0 Å². The smallest absolute Gasteiger partial charge is 0.407 e. The van der Waals surface area contributed by atoms with E-state index in [1.54, 1.807) is 6.07 Å². The quantitative estimate of drug-likeness (QED) is 0.788. The fourth-order valence-electron chi connectivity index (χ4n) is 3.50.